The summed E-state index contributed by atoms with van der Waals surface area (Å²) in [4.78, 5) is 15.4. The summed E-state index contributed by atoms with van der Waals surface area (Å²) in [6.45, 7) is -0.564. The highest BCUT2D eigenvalue weighted by Crippen LogP contribution is 2.35. The lowest BCUT2D eigenvalue weighted by Crippen LogP contribution is -2.35. The van der Waals surface area contributed by atoms with Crippen LogP contribution in [0.15, 0.2) is 98.5 Å². The molecule has 32 heavy (non-hydrogen) atoms. The predicted octanol–water partition coefficient (Wildman–Crippen LogP) is 5.14. The molecule has 4 aromatic rings. The number of amides is 1. The predicted molar refractivity (Wildman–Crippen MR) is 125 cm³/mol. The van der Waals surface area contributed by atoms with Crippen molar-refractivity contribution in [2.75, 3.05) is 10.8 Å². The van der Waals surface area contributed by atoms with E-state index in [-0.39, 0.29) is 16.5 Å². The lowest BCUT2D eigenvalue weighted by atomic mass is 10.2. The van der Waals surface area contributed by atoms with E-state index in [0.29, 0.717) is 16.6 Å². The third kappa shape index (κ3) is 4.41. The zero-order valence-electron chi connectivity index (χ0n) is 16.5. The third-order valence-electron chi connectivity index (χ3n) is 4.65. The quantitative estimate of drug-likeness (QED) is 0.348. The Bertz CT molecular complexity index is 1400. The zero-order valence-corrected chi connectivity index (χ0v) is 18.9. The summed E-state index contributed by atoms with van der Waals surface area (Å²) in [5.74, 6) is -1.03. The molecule has 1 heterocycles. The van der Waals surface area contributed by atoms with E-state index < -0.39 is 22.5 Å². The Labute approximate surface area is 192 Å². The number of benzene rings is 3. The number of hydrogen-bond acceptors (Lipinski definition) is 5. The Morgan fingerprint density at radius 3 is 2.34 bits per heavy atom. The van der Waals surface area contributed by atoms with Gasteiger partial charge in [0, 0.05) is 9.86 Å². The molecule has 0 saturated heterocycles. The fraction of sp³-hybridized carbons (Fsp3) is 0.0455. The first-order valence-corrected chi connectivity index (χ1v) is 11.7. The molecule has 0 saturated carbocycles. The number of carbonyl (C=O) groups is 1. The van der Waals surface area contributed by atoms with E-state index >= 15 is 0 Å². The number of rotatable bonds is 6. The van der Waals surface area contributed by atoms with Gasteiger partial charge in [-0.3, -0.25) is 9.10 Å². The molecule has 8 nitrogen and oxygen atoms in total. The van der Waals surface area contributed by atoms with Crippen molar-refractivity contribution < 1.29 is 18.3 Å². The summed E-state index contributed by atoms with van der Waals surface area (Å²) in [5.41, 5.74) is 1.04. The molecule has 0 aliphatic carbocycles. The Kier molecular flexibility index (Phi) is 6.06. The molecule has 162 valence electrons. The number of aromatic nitrogens is 1. The van der Waals surface area contributed by atoms with Gasteiger partial charge < -0.3 is 10.1 Å². The first-order chi connectivity index (χ1) is 15.4. The number of carbonyl (C=O) groups excluding carboxylic acids is 1. The summed E-state index contributed by atoms with van der Waals surface area (Å²) in [6, 6.07) is 21.4. The normalized spacial score (nSPS) is 11.8. The van der Waals surface area contributed by atoms with Crippen LogP contribution in [0.25, 0.3) is 10.9 Å². The van der Waals surface area contributed by atoms with Crippen molar-refractivity contribution in [2.24, 2.45) is 10.2 Å². The van der Waals surface area contributed by atoms with Crippen molar-refractivity contribution in [1.29, 1.82) is 0 Å². The van der Waals surface area contributed by atoms with Crippen molar-refractivity contribution in [3.63, 3.8) is 0 Å². The largest absolute Gasteiger partial charge is 0.493 e. The van der Waals surface area contributed by atoms with Crippen LogP contribution in [0.4, 0.5) is 11.4 Å². The number of H-pyrrole nitrogens is 1. The Balaban J connectivity index is 1.66. The highest BCUT2D eigenvalue weighted by Gasteiger charge is 2.27. The minimum Gasteiger partial charge on any atom is -0.493 e. The Morgan fingerprint density at radius 1 is 0.969 bits per heavy atom. The van der Waals surface area contributed by atoms with E-state index in [0.717, 1.165) is 8.78 Å². The number of hydrogen-bond donors (Lipinski definition) is 2. The average molecular weight is 513 g/mol. The molecule has 0 atom stereocenters. The molecule has 2 N–H and O–H groups in total. The lowest BCUT2D eigenvalue weighted by molar-refractivity contribution is -0.116. The van der Waals surface area contributed by atoms with E-state index in [9.17, 15) is 18.3 Å². The molecule has 0 spiro atoms. The second-order valence-corrected chi connectivity index (χ2v) is 9.54. The molecular weight excluding hydrogens is 496 g/mol. The van der Waals surface area contributed by atoms with Crippen molar-refractivity contribution >= 4 is 54.1 Å². The molecule has 0 bridgehead atoms. The number of azo groups is 1. The molecule has 3 aromatic carbocycles. The first kappa shape index (κ1) is 21.7. The van der Waals surface area contributed by atoms with Crippen LogP contribution in [0, 0.1) is 0 Å². The van der Waals surface area contributed by atoms with Crippen LogP contribution >= 0.6 is 15.9 Å². The molecule has 4 rings (SSSR count). The number of para-hydroxylation sites is 1. The van der Waals surface area contributed by atoms with Crippen LogP contribution in [0.2, 0.25) is 0 Å². The van der Waals surface area contributed by atoms with E-state index in [4.69, 9.17) is 0 Å². The van der Waals surface area contributed by atoms with E-state index in [1.165, 1.54) is 12.1 Å². The monoisotopic (exact) mass is 512 g/mol. The third-order valence-corrected chi connectivity index (χ3v) is 6.96. The van der Waals surface area contributed by atoms with Gasteiger partial charge in [-0.05, 0) is 42.5 Å². The number of aromatic hydroxyl groups is 1. The van der Waals surface area contributed by atoms with Crippen molar-refractivity contribution in [1.82, 2.24) is 4.98 Å². The standard InChI is InChI=1S/C22H17BrN4O4S/c23-15-10-12-16(13-11-15)27(32(30,31)17-6-2-1-3-7-17)14-20(28)25-26-21-18-8-4-5-9-19(18)24-22(21)29/h1-13,24,29H,14H2. The van der Waals surface area contributed by atoms with E-state index in [1.807, 2.05) is 0 Å². The van der Waals surface area contributed by atoms with Crippen molar-refractivity contribution in [3.8, 4) is 5.88 Å². The van der Waals surface area contributed by atoms with Crippen LogP contribution in [0.1, 0.15) is 0 Å². The highest BCUT2D eigenvalue weighted by molar-refractivity contribution is 9.10. The van der Waals surface area contributed by atoms with Gasteiger partial charge in [-0.2, -0.15) is 0 Å². The maximum Gasteiger partial charge on any atom is 0.285 e. The topological polar surface area (TPSA) is 115 Å². The maximum atomic E-state index is 13.3. The average Bonchev–Trinajstić information content (AvgIpc) is 3.12. The number of sulfonamides is 1. The number of nitrogens with one attached hydrogen (secondary N) is 1. The zero-order chi connectivity index (χ0) is 22.7. The van der Waals surface area contributed by atoms with Crippen molar-refractivity contribution in [3.05, 3.63) is 83.3 Å². The molecule has 1 amide bonds. The molecule has 0 aliphatic rings. The number of nitrogens with zero attached hydrogens (tertiary/aromatic N) is 3. The SMILES string of the molecule is O=C(CN(c1ccc(Br)cc1)S(=O)(=O)c1ccccc1)N=Nc1c(O)[nH]c2ccccc12. The Morgan fingerprint density at radius 2 is 1.62 bits per heavy atom. The summed E-state index contributed by atoms with van der Waals surface area (Å²) in [5, 5.41) is 18.2. The van der Waals surface area contributed by atoms with Gasteiger partial charge in [0.15, 0.2) is 5.69 Å². The second kappa shape index (κ2) is 8.93. The number of anilines is 1. The fourth-order valence-corrected chi connectivity index (χ4v) is 4.82. The van der Waals surface area contributed by atoms with Gasteiger partial charge in [0.1, 0.15) is 6.54 Å². The molecule has 0 aliphatic heterocycles. The minimum absolute atomic E-state index is 0.0435. The molecule has 1 aromatic heterocycles. The minimum atomic E-state index is -4.04. The summed E-state index contributed by atoms with van der Waals surface area (Å²) < 4.78 is 28.3. The van der Waals surface area contributed by atoms with Crippen LogP contribution in [-0.2, 0) is 14.8 Å². The van der Waals surface area contributed by atoms with Crippen LogP contribution in [0.3, 0.4) is 0 Å². The maximum absolute atomic E-state index is 13.3. The van der Waals surface area contributed by atoms with Gasteiger partial charge in [-0.1, -0.05) is 52.3 Å². The molecule has 10 heteroatoms. The van der Waals surface area contributed by atoms with Crippen molar-refractivity contribution in [2.45, 2.75) is 4.90 Å². The smallest absolute Gasteiger partial charge is 0.285 e. The summed E-state index contributed by atoms with van der Waals surface area (Å²) in [6.07, 6.45) is 0. The molecule has 0 fully saturated rings. The van der Waals surface area contributed by atoms with E-state index in [2.05, 4.69) is 31.1 Å². The summed E-state index contributed by atoms with van der Waals surface area (Å²) >= 11 is 3.32. The van der Waals surface area contributed by atoms with Gasteiger partial charge in [0.05, 0.1) is 16.1 Å². The number of fused-ring (bicyclic) bond motifs is 1. The lowest BCUT2D eigenvalue weighted by Gasteiger charge is -2.23. The van der Waals surface area contributed by atoms with Gasteiger partial charge in [-0.15, -0.1) is 10.2 Å². The van der Waals surface area contributed by atoms with E-state index in [1.54, 1.807) is 66.7 Å². The molecule has 0 radical (unpaired) electrons. The second-order valence-electron chi connectivity index (χ2n) is 6.76. The van der Waals surface area contributed by atoms with Crippen LogP contribution in [-0.4, -0.2) is 31.0 Å². The number of aromatic amines is 1. The first-order valence-electron chi connectivity index (χ1n) is 9.44. The highest BCUT2D eigenvalue weighted by atomic mass is 79.9. The fourth-order valence-electron chi connectivity index (χ4n) is 3.12. The van der Waals surface area contributed by atoms with Gasteiger partial charge in [0.25, 0.3) is 15.9 Å². The van der Waals surface area contributed by atoms with Gasteiger partial charge in [-0.25, -0.2) is 8.42 Å². The van der Waals surface area contributed by atoms with Gasteiger partial charge in [0.2, 0.25) is 5.88 Å². The van der Waals surface area contributed by atoms with Gasteiger partial charge >= 0.3 is 0 Å². The number of halogens is 1. The van der Waals surface area contributed by atoms with Crippen LogP contribution < -0.4 is 4.31 Å². The Hall–Kier alpha value is -3.50. The molecular formula is C22H17BrN4O4S. The summed E-state index contributed by atoms with van der Waals surface area (Å²) in [7, 11) is -4.04. The van der Waals surface area contributed by atoms with Crippen LogP contribution in [0.5, 0.6) is 5.88 Å². The molecule has 0 unspecified atom stereocenters.